The van der Waals surface area contributed by atoms with Crippen LogP contribution in [0.5, 0.6) is 5.75 Å². The van der Waals surface area contributed by atoms with Gasteiger partial charge in [-0.2, -0.15) is 0 Å². The van der Waals surface area contributed by atoms with E-state index in [1.807, 2.05) is 6.92 Å². The van der Waals surface area contributed by atoms with E-state index in [4.69, 9.17) is 4.74 Å². The van der Waals surface area contributed by atoms with Gasteiger partial charge in [0.1, 0.15) is 5.75 Å². The van der Waals surface area contributed by atoms with Crippen LogP contribution in [0.2, 0.25) is 0 Å². The second kappa shape index (κ2) is 6.57. The van der Waals surface area contributed by atoms with Gasteiger partial charge in [0.2, 0.25) is 0 Å². The second-order valence-corrected chi connectivity index (χ2v) is 7.08. The van der Waals surface area contributed by atoms with Crippen LogP contribution in [0.25, 0.3) is 10.9 Å². The topological polar surface area (TPSA) is 37.0 Å². The molecule has 2 N–H and O–H groups in total. The average molecular weight is 334 g/mol. The van der Waals surface area contributed by atoms with E-state index in [9.17, 15) is 0 Å². The Hall–Kier alpha value is -2.26. The number of hydrogen-bond acceptors (Lipinski definition) is 2. The van der Waals surface area contributed by atoms with Crippen molar-refractivity contribution in [2.45, 2.75) is 39.2 Å². The molecule has 0 radical (unpaired) electrons. The van der Waals surface area contributed by atoms with Crippen molar-refractivity contribution in [2.75, 3.05) is 13.2 Å². The van der Waals surface area contributed by atoms with Crippen molar-refractivity contribution in [3.05, 3.63) is 64.8 Å². The molecule has 1 unspecified atom stereocenters. The van der Waals surface area contributed by atoms with Crippen LogP contribution in [0.15, 0.2) is 42.5 Å². The monoisotopic (exact) mass is 334 g/mol. The van der Waals surface area contributed by atoms with Crippen molar-refractivity contribution in [3.63, 3.8) is 0 Å². The molecular formula is C22H26N2O. The highest BCUT2D eigenvalue weighted by atomic mass is 16.5. The zero-order valence-electron chi connectivity index (χ0n) is 15.2. The van der Waals surface area contributed by atoms with Crippen molar-refractivity contribution in [3.8, 4) is 5.75 Å². The van der Waals surface area contributed by atoms with Gasteiger partial charge in [0.15, 0.2) is 0 Å². The number of fused-ring (bicyclic) bond motifs is 3. The number of hydrogen-bond donors (Lipinski definition) is 2. The highest BCUT2D eigenvalue weighted by molar-refractivity contribution is 5.85. The van der Waals surface area contributed by atoms with Crippen LogP contribution in [-0.2, 0) is 6.42 Å². The van der Waals surface area contributed by atoms with E-state index in [0.717, 1.165) is 18.7 Å². The molecule has 0 spiro atoms. The Morgan fingerprint density at radius 3 is 2.80 bits per heavy atom. The Bertz CT molecular complexity index is 894. The quantitative estimate of drug-likeness (QED) is 0.710. The van der Waals surface area contributed by atoms with Gasteiger partial charge in [0, 0.05) is 23.1 Å². The molecule has 2 heterocycles. The van der Waals surface area contributed by atoms with Crippen LogP contribution in [0.4, 0.5) is 0 Å². The zero-order valence-corrected chi connectivity index (χ0v) is 15.2. The van der Waals surface area contributed by atoms with Crippen molar-refractivity contribution < 1.29 is 4.74 Å². The number of aromatic nitrogens is 1. The predicted molar refractivity (Wildman–Crippen MR) is 104 cm³/mol. The summed E-state index contributed by atoms with van der Waals surface area (Å²) in [4.78, 5) is 3.68. The van der Waals surface area contributed by atoms with E-state index in [1.165, 1.54) is 33.3 Å². The molecule has 1 aromatic heterocycles. The molecule has 0 saturated heterocycles. The molecule has 0 fully saturated rings. The number of ether oxygens (including phenoxy) is 1. The summed E-state index contributed by atoms with van der Waals surface area (Å²) < 4.78 is 5.73. The van der Waals surface area contributed by atoms with E-state index in [1.54, 1.807) is 0 Å². The van der Waals surface area contributed by atoms with E-state index in [2.05, 4.69) is 66.6 Å². The molecule has 0 aliphatic carbocycles. The van der Waals surface area contributed by atoms with E-state index in [0.29, 0.717) is 12.5 Å². The molecule has 1 atom stereocenters. The SMILES string of the molecule is CCOc1ccc(C2NCCc3c2[nH]c2ccccc32)c(C(C)C)c1. The van der Waals surface area contributed by atoms with Crippen LogP contribution >= 0.6 is 0 Å². The lowest BCUT2D eigenvalue weighted by Crippen LogP contribution is -2.31. The largest absolute Gasteiger partial charge is 0.494 e. The molecule has 3 nitrogen and oxygen atoms in total. The van der Waals surface area contributed by atoms with Crippen molar-refractivity contribution in [1.29, 1.82) is 0 Å². The van der Waals surface area contributed by atoms with Crippen molar-refractivity contribution in [2.24, 2.45) is 0 Å². The van der Waals surface area contributed by atoms with E-state index >= 15 is 0 Å². The summed E-state index contributed by atoms with van der Waals surface area (Å²) in [5.41, 5.74) is 6.72. The van der Waals surface area contributed by atoms with Gasteiger partial charge in [-0.3, -0.25) is 0 Å². The molecule has 25 heavy (non-hydrogen) atoms. The first-order valence-electron chi connectivity index (χ1n) is 9.28. The molecule has 1 aliphatic rings. The Morgan fingerprint density at radius 1 is 1.16 bits per heavy atom. The molecule has 3 heteroatoms. The zero-order chi connectivity index (χ0) is 17.4. The molecule has 4 rings (SSSR count). The van der Waals surface area contributed by atoms with Crippen LogP contribution in [0, 0.1) is 0 Å². The Labute approximate surface area is 149 Å². The predicted octanol–water partition coefficient (Wildman–Crippen LogP) is 4.93. The Kier molecular flexibility index (Phi) is 4.26. The molecule has 0 bridgehead atoms. The third kappa shape index (κ3) is 2.83. The maximum atomic E-state index is 5.73. The minimum Gasteiger partial charge on any atom is -0.494 e. The van der Waals surface area contributed by atoms with Crippen molar-refractivity contribution >= 4 is 10.9 Å². The highest BCUT2D eigenvalue weighted by Crippen LogP contribution is 2.37. The average Bonchev–Trinajstić information content (AvgIpc) is 3.01. The first-order chi connectivity index (χ1) is 12.2. The molecule has 2 aromatic carbocycles. The van der Waals surface area contributed by atoms with Gasteiger partial charge < -0.3 is 15.0 Å². The summed E-state index contributed by atoms with van der Waals surface area (Å²) in [7, 11) is 0. The van der Waals surface area contributed by atoms with Gasteiger partial charge in [-0.1, -0.05) is 38.1 Å². The lowest BCUT2D eigenvalue weighted by atomic mass is 9.87. The van der Waals surface area contributed by atoms with Crippen LogP contribution in [-0.4, -0.2) is 18.1 Å². The van der Waals surface area contributed by atoms with Gasteiger partial charge in [-0.05, 0) is 54.2 Å². The van der Waals surface area contributed by atoms with Crippen molar-refractivity contribution in [1.82, 2.24) is 10.3 Å². The Morgan fingerprint density at radius 2 is 2.00 bits per heavy atom. The van der Waals surface area contributed by atoms with Gasteiger partial charge in [0.05, 0.1) is 12.6 Å². The van der Waals surface area contributed by atoms with Crippen LogP contribution < -0.4 is 10.1 Å². The van der Waals surface area contributed by atoms with E-state index in [-0.39, 0.29) is 6.04 Å². The summed E-state index contributed by atoms with van der Waals surface area (Å²) >= 11 is 0. The summed E-state index contributed by atoms with van der Waals surface area (Å²) in [6, 6.07) is 15.4. The second-order valence-electron chi connectivity index (χ2n) is 7.08. The first kappa shape index (κ1) is 16.2. The third-order valence-electron chi connectivity index (χ3n) is 5.16. The molecule has 0 saturated carbocycles. The van der Waals surface area contributed by atoms with Gasteiger partial charge in [-0.25, -0.2) is 0 Å². The van der Waals surface area contributed by atoms with Crippen LogP contribution in [0.3, 0.4) is 0 Å². The fourth-order valence-corrected chi connectivity index (χ4v) is 4.02. The fourth-order valence-electron chi connectivity index (χ4n) is 4.02. The lowest BCUT2D eigenvalue weighted by Gasteiger charge is -2.28. The minimum absolute atomic E-state index is 0.212. The summed E-state index contributed by atoms with van der Waals surface area (Å²) in [5, 5.41) is 5.09. The molecule has 3 aromatic rings. The standard InChI is InChI=1S/C22H26N2O/c1-4-25-15-9-10-17(19(13-15)14(2)3)21-22-18(11-12-23-21)16-7-5-6-8-20(16)24-22/h5-10,13-14,21,23-24H,4,11-12H2,1-3H3. The molecule has 1 aliphatic heterocycles. The highest BCUT2D eigenvalue weighted by Gasteiger charge is 2.27. The lowest BCUT2D eigenvalue weighted by molar-refractivity contribution is 0.339. The van der Waals surface area contributed by atoms with Crippen LogP contribution in [0.1, 0.15) is 55.1 Å². The summed E-state index contributed by atoms with van der Waals surface area (Å²) in [6.07, 6.45) is 1.07. The fraction of sp³-hybridized carbons (Fsp3) is 0.364. The molecular weight excluding hydrogens is 308 g/mol. The number of benzene rings is 2. The van der Waals surface area contributed by atoms with Gasteiger partial charge in [-0.15, -0.1) is 0 Å². The smallest absolute Gasteiger partial charge is 0.119 e. The van der Waals surface area contributed by atoms with Gasteiger partial charge >= 0.3 is 0 Å². The maximum Gasteiger partial charge on any atom is 0.119 e. The number of para-hydroxylation sites is 1. The normalized spacial score (nSPS) is 17.0. The van der Waals surface area contributed by atoms with E-state index < -0.39 is 0 Å². The maximum absolute atomic E-state index is 5.73. The first-order valence-corrected chi connectivity index (χ1v) is 9.28. The summed E-state index contributed by atoms with van der Waals surface area (Å²) in [5.74, 6) is 1.41. The number of rotatable bonds is 4. The molecule has 130 valence electrons. The summed E-state index contributed by atoms with van der Waals surface area (Å²) in [6.45, 7) is 8.24. The molecule has 0 amide bonds. The number of aromatic amines is 1. The minimum atomic E-state index is 0.212. The number of H-pyrrole nitrogens is 1. The van der Waals surface area contributed by atoms with Gasteiger partial charge in [0.25, 0.3) is 0 Å². The number of nitrogens with one attached hydrogen (secondary N) is 2. The third-order valence-corrected chi connectivity index (χ3v) is 5.16. The Balaban J connectivity index is 1.84.